The molecule has 1 aliphatic rings. The molecule has 1 aliphatic heterocycles. The van der Waals surface area contributed by atoms with Gasteiger partial charge in [0.2, 0.25) is 0 Å². The molecule has 0 bridgehead atoms. The molecule has 0 N–H and O–H groups in total. The van der Waals surface area contributed by atoms with Crippen LogP contribution in [0.25, 0.3) is 0 Å². The molecule has 0 amide bonds. The summed E-state index contributed by atoms with van der Waals surface area (Å²) in [7, 11) is 0. The van der Waals surface area contributed by atoms with Gasteiger partial charge in [-0.3, -0.25) is 4.98 Å². The van der Waals surface area contributed by atoms with E-state index in [4.69, 9.17) is 0 Å². The van der Waals surface area contributed by atoms with Crippen molar-refractivity contribution in [1.29, 1.82) is 0 Å². The van der Waals surface area contributed by atoms with Crippen LogP contribution in [-0.2, 0) is 0 Å². The van der Waals surface area contributed by atoms with Crippen molar-refractivity contribution in [3.05, 3.63) is 71.2 Å². The van der Waals surface area contributed by atoms with Crippen molar-refractivity contribution in [2.45, 2.75) is 31.7 Å². The van der Waals surface area contributed by atoms with Crippen LogP contribution in [0.5, 0.6) is 0 Å². The van der Waals surface area contributed by atoms with Gasteiger partial charge in [0.1, 0.15) is 0 Å². The molecule has 0 saturated heterocycles. The van der Waals surface area contributed by atoms with Gasteiger partial charge in [0.05, 0.1) is 11.5 Å². The molecule has 1 aromatic heterocycles. The maximum Gasteiger partial charge on any atom is 0.197 e. The number of aromatic nitrogens is 1. The zero-order chi connectivity index (χ0) is 14.2. The lowest BCUT2D eigenvalue weighted by Gasteiger charge is -2.26. The van der Waals surface area contributed by atoms with Gasteiger partial charge < -0.3 is 5.21 Å². The molecule has 2 heterocycles. The molecule has 1 aromatic carbocycles. The van der Waals surface area contributed by atoms with Gasteiger partial charge in [0.25, 0.3) is 0 Å². The predicted molar refractivity (Wildman–Crippen MR) is 79.9 cm³/mol. The first-order valence-corrected chi connectivity index (χ1v) is 6.89. The highest BCUT2D eigenvalue weighted by Gasteiger charge is 2.47. The van der Waals surface area contributed by atoms with Crippen LogP contribution in [-0.4, -0.2) is 21.0 Å². The van der Waals surface area contributed by atoms with E-state index in [1.54, 1.807) is 12.4 Å². The number of benzene rings is 1. The first-order valence-electron chi connectivity index (χ1n) is 6.89. The fraction of sp³-hybridized carbons (Fsp3) is 0.294. The summed E-state index contributed by atoms with van der Waals surface area (Å²) in [5.41, 5.74) is 2.54. The fourth-order valence-electron chi connectivity index (χ4n) is 3.00. The zero-order valence-corrected chi connectivity index (χ0v) is 11.8. The Morgan fingerprint density at radius 1 is 1.15 bits per heavy atom. The quantitative estimate of drug-likeness (QED) is 0.617. The Morgan fingerprint density at radius 2 is 1.90 bits per heavy atom. The molecule has 102 valence electrons. The smallest absolute Gasteiger partial charge is 0.197 e. The summed E-state index contributed by atoms with van der Waals surface area (Å²) in [5, 5.41) is 12.7. The normalized spacial score (nSPS) is 21.2. The maximum atomic E-state index is 12.7. The van der Waals surface area contributed by atoms with Gasteiger partial charge in [0.15, 0.2) is 11.3 Å². The topological polar surface area (TPSA) is 39.0 Å². The molecular formula is C17H18N2O. The van der Waals surface area contributed by atoms with E-state index in [0.717, 1.165) is 17.7 Å². The second kappa shape index (κ2) is 4.75. The van der Waals surface area contributed by atoms with E-state index in [-0.39, 0.29) is 5.92 Å². The molecule has 1 unspecified atom stereocenters. The summed E-state index contributed by atoms with van der Waals surface area (Å²) < 4.78 is 1.17. The molecule has 0 saturated carbocycles. The summed E-state index contributed by atoms with van der Waals surface area (Å²) in [4.78, 5) is 4.12. The predicted octanol–water partition coefficient (Wildman–Crippen LogP) is 3.35. The van der Waals surface area contributed by atoms with E-state index < -0.39 is 5.54 Å². The Labute approximate surface area is 119 Å². The highest BCUT2D eigenvalue weighted by molar-refractivity contribution is 5.98. The SMILES string of the molecule is CC1(C)C(c2ccccc2)CC(c2cccnc2)=[N+]1[O-]. The van der Waals surface area contributed by atoms with Crippen LogP contribution in [0.1, 0.15) is 37.3 Å². The first-order chi connectivity index (χ1) is 9.60. The van der Waals surface area contributed by atoms with Crippen molar-refractivity contribution in [2.24, 2.45) is 0 Å². The van der Waals surface area contributed by atoms with Crippen LogP contribution in [0.15, 0.2) is 54.9 Å². The Bertz CT molecular complexity index is 633. The molecule has 0 aliphatic carbocycles. The van der Waals surface area contributed by atoms with Gasteiger partial charge in [-0.2, -0.15) is 0 Å². The third-order valence-corrected chi connectivity index (χ3v) is 4.22. The molecular weight excluding hydrogens is 248 g/mol. The van der Waals surface area contributed by atoms with Gasteiger partial charge in [-0.1, -0.05) is 30.3 Å². The summed E-state index contributed by atoms with van der Waals surface area (Å²) in [5.74, 6) is 0.205. The molecule has 3 nitrogen and oxygen atoms in total. The van der Waals surface area contributed by atoms with E-state index in [2.05, 4.69) is 17.1 Å². The van der Waals surface area contributed by atoms with Gasteiger partial charge in [-0.05, 0) is 17.7 Å². The monoisotopic (exact) mass is 266 g/mol. The minimum absolute atomic E-state index is 0.205. The van der Waals surface area contributed by atoms with Gasteiger partial charge in [-0.15, -0.1) is 0 Å². The van der Waals surface area contributed by atoms with Crippen LogP contribution in [0.3, 0.4) is 0 Å². The van der Waals surface area contributed by atoms with E-state index in [1.807, 2.05) is 44.2 Å². The number of hydrogen-bond donors (Lipinski definition) is 0. The summed E-state index contributed by atoms with van der Waals surface area (Å²) in [6, 6.07) is 14.1. The number of pyridine rings is 1. The summed E-state index contributed by atoms with van der Waals surface area (Å²) in [6.45, 7) is 4.03. The minimum atomic E-state index is -0.438. The molecule has 0 radical (unpaired) electrons. The lowest BCUT2D eigenvalue weighted by Crippen LogP contribution is -2.34. The number of hydrogen-bond acceptors (Lipinski definition) is 2. The van der Waals surface area contributed by atoms with E-state index in [9.17, 15) is 5.21 Å². The maximum absolute atomic E-state index is 12.7. The second-order valence-electron chi connectivity index (χ2n) is 5.80. The minimum Gasteiger partial charge on any atom is -0.623 e. The standard InChI is InChI=1S/C17H18N2O/c1-17(2)15(13-7-4-3-5-8-13)11-16(19(17)20)14-9-6-10-18-12-14/h3-10,12,15H,11H2,1-2H3. The van der Waals surface area contributed by atoms with Crippen LogP contribution in [0, 0.1) is 5.21 Å². The summed E-state index contributed by atoms with van der Waals surface area (Å²) in [6.07, 6.45) is 4.25. The summed E-state index contributed by atoms with van der Waals surface area (Å²) >= 11 is 0. The third-order valence-electron chi connectivity index (χ3n) is 4.22. The molecule has 3 rings (SSSR count). The largest absolute Gasteiger partial charge is 0.623 e. The van der Waals surface area contributed by atoms with Crippen molar-refractivity contribution in [1.82, 2.24) is 4.98 Å². The van der Waals surface area contributed by atoms with Crippen LogP contribution in [0.4, 0.5) is 0 Å². The van der Waals surface area contributed by atoms with Crippen LogP contribution >= 0.6 is 0 Å². The lowest BCUT2D eigenvalue weighted by atomic mass is 9.81. The Hall–Kier alpha value is -2.16. The average molecular weight is 266 g/mol. The number of nitrogens with zero attached hydrogens (tertiary/aromatic N) is 2. The van der Waals surface area contributed by atoms with Crippen molar-refractivity contribution in [3.8, 4) is 0 Å². The van der Waals surface area contributed by atoms with Crippen molar-refractivity contribution >= 4 is 5.71 Å². The Morgan fingerprint density at radius 3 is 2.55 bits per heavy atom. The highest BCUT2D eigenvalue weighted by Crippen LogP contribution is 2.40. The van der Waals surface area contributed by atoms with E-state index >= 15 is 0 Å². The van der Waals surface area contributed by atoms with Crippen LogP contribution < -0.4 is 0 Å². The molecule has 0 spiro atoms. The van der Waals surface area contributed by atoms with Crippen molar-refractivity contribution in [3.63, 3.8) is 0 Å². The zero-order valence-electron chi connectivity index (χ0n) is 11.8. The third kappa shape index (κ3) is 1.99. The molecule has 20 heavy (non-hydrogen) atoms. The highest BCUT2D eigenvalue weighted by atomic mass is 16.5. The van der Waals surface area contributed by atoms with Gasteiger partial charge >= 0.3 is 0 Å². The molecule has 3 heteroatoms. The first kappa shape index (κ1) is 12.9. The number of hydroxylamine groups is 1. The van der Waals surface area contributed by atoms with Crippen molar-refractivity contribution < 1.29 is 4.74 Å². The Balaban J connectivity index is 2.02. The Kier molecular flexibility index (Phi) is 3.05. The van der Waals surface area contributed by atoms with E-state index in [0.29, 0.717) is 0 Å². The fourth-order valence-corrected chi connectivity index (χ4v) is 3.00. The van der Waals surface area contributed by atoms with Crippen LogP contribution in [0.2, 0.25) is 0 Å². The average Bonchev–Trinajstić information content (AvgIpc) is 2.72. The number of rotatable bonds is 2. The second-order valence-corrected chi connectivity index (χ2v) is 5.80. The molecule has 1 atom stereocenters. The van der Waals surface area contributed by atoms with Gasteiger partial charge in [-0.25, -0.2) is 4.74 Å². The lowest BCUT2D eigenvalue weighted by molar-refractivity contribution is -0.534. The molecule has 2 aromatic rings. The molecule has 0 fully saturated rings. The van der Waals surface area contributed by atoms with Crippen molar-refractivity contribution in [2.75, 3.05) is 0 Å². The van der Waals surface area contributed by atoms with Gasteiger partial charge in [0, 0.05) is 32.7 Å². The van der Waals surface area contributed by atoms with E-state index in [1.165, 1.54) is 10.3 Å².